The highest BCUT2D eigenvalue weighted by atomic mass is 16.5. The Kier molecular flexibility index (Phi) is 4.96. The van der Waals surface area contributed by atoms with Gasteiger partial charge in [-0.25, -0.2) is 14.6 Å². The number of carbonyl (C=O) groups is 2. The zero-order valence-electron chi connectivity index (χ0n) is 15.7. The van der Waals surface area contributed by atoms with Gasteiger partial charge in [0.15, 0.2) is 11.2 Å². The molecule has 0 bridgehead atoms. The van der Waals surface area contributed by atoms with Gasteiger partial charge in [-0.05, 0) is 36.4 Å². The van der Waals surface area contributed by atoms with Gasteiger partial charge in [-0.3, -0.25) is 0 Å². The van der Waals surface area contributed by atoms with E-state index in [2.05, 4.69) is 9.97 Å². The summed E-state index contributed by atoms with van der Waals surface area (Å²) in [6.45, 7) is 0.0404. The summed E-state index contributed by atoms with van der Waals surface area (Å²) in [7, 11) is 2.50. The van der Waals surface area contributed by atoms with E-state index in [1.165, 1.54) is 14.2 Å². The van der Waals surface area contributed by atoms with Crippen molar-refractivity contribution in [1.82, 2.24) is 9.97 Å². The predicted molar refractivity (Wildman–Crippen MR) is 102 cm³/mol. The molecule has 3 aromatic rings. The lowest BCUT2D eigenvalue weighted by Gasteiger charge is -2.31. The molecule has 29 heavy (non-hydrogen) atoms. The number of ether oxygens (including phenoxy) is 3. The number of rotatable bonds is 4. The first-order chi connectivity index (χ1) is 14.1. The third-order valence-electron chi connectivity index (χ3n) is 4.42. The Hall–Kier alpha value is -3.72. The second kappa shape index (κ2) is 7.72. The van der Waals surface area contributed by atoms with E-state index in [1.807, 2.05) is 0 Å². The van der Waals surface area contributed by atoms with Crippen LogP contribution in [0.5, 0.6) is 0 Å². The van der Waals surface area contributed by atoms with E-state index in [4.69, 9.17) is 18.6 Å². The lowest BCUT2D eigenvalue weighted by molar-refractivity contribution is -0.140. The van der Waals surface area contributed by atoms with E-state index >= 15 is 0 Å². The second-order valence-corrected chi connectivity index (χ2v) is 6.11. The Morgan fingerprint density at radius 3 is 2.52 bits per heavy atom. The normalized spacial score (nSPS) is 14.2. The van der Waals surface area contributed by atoms with Crippen molar-refractivity contribution in [2.75, 3.05) is 32.5 Å². The maximum atomic E-state index is 12.4. The largest absolute Gasteiger partial charge is 0.466 e. The van der Waals surface area contributed by atoms with Crippen LogP contribution in [0.2, 0.25) is 0 Å². The average Bonchev–Trinajstić information content (AvgIpc) is 3.22. The number of pyridine rings is 1. The summed E-state index contributed by atoms with van der Waals surface area (Å²) in [6, 6.07) is 10.7. The van der Waals surface area contributed by atoms with Gasteiger partial charge in [0.25, 0.3) is 0 Å². The number of carbonyl (C=O) groups excluding carboxylic acids is 2. The van der Waals surface area contributed by atoms with Crippen molar-refractivity contribution in [2.45, 2.75) is 0 Å². The Morgan fingerprint density at radius 1 is 1.07 bits per heavy atom. The monoisotopic (exact) mass is 395 g/mol. The maximum absolute atomic E-state index is 12.4. The molecule has 0 saturated carbocycles. The molecule has 9 nitrogen and oxygen atoms in total. The van der Waals surface area contributed by atoms with Crippen LogP contribution in [0.15, 0.2) is 58.3 Å². The molecule has 0 N–H and O–H groups in total. The standard InChI is InChI=1S/C20H17N3O6/c1-26-19(24)14-10-28-11-23(16(14)20(25)27-2)13-7-5-12(6-8-13)18-22-17-15(29-18)4-3-9-21-17/h3-9H,10-11H2,1-2H3. The van der Waals surface area contributed by atoms with Gasteiger partial charge in [0, 0.05) is 17.4 Å². The zero-order valence-corrected chi connectivity index (χ0v) is 15.7. The summed E-state index contributed by atoms with van der Waals surface area (Å²) >= 11 is 0. The van der Waals surface area contributed by atoms with Crippen molar-refractivity contribution in [3.63, 3.8) is 0 Å². The third kappa shape index (κ3) is 3.43. The van der Waals surface area contributed by atoms with Crippen molar-refractivity contribution in [3.05, 3.63) is 53.9 Å². The zero-order chi connectivity index (χ0) is 20.4. The molecule has 1 aliphatic heterocycles. The smallest absolute Gasteiger partial charge is 0.355 e. The first-order valence-corrected chi connectivity index (χ1v) is 8.69. The molecule has 0 aliphatic carbocycles. The molecule has 9 heteroatoms. The van der Waals surface area contributed by atoms with Crippen LogP contribution in [-0.2, 0) is 23.8 Å². The SMILES string of the molecule is COC(=O)C1=C(C(=O)OC)N(c2ccc(-c3nc4ncccc4o3)cc2)COC1. The minimum atomic E-state index is -0.650. The summed E-state index contributed by atoms with van der Waals surface area (Å²) in [5, 5.41) is 0. The fourth-order valence-corrected chi connectivity index (χ4v) is 3.02. The molecular weight excluding hydrogens is 378 g/mol. The quantitative estimate of drug-likeness (QED) is 0.615. The Morgan fingerprint density at radius 2 is 1.83 bits per heavy atom. The van der Waals surface area contributed by atoms with Crippen LogP contribution in [0.25, 0.3) is 22.7 Å². The summed E-state index contributed by atoms with van der Waals surface area (Å²) in [5.74, 6) is -0.868. The molecule has 148 valence electrons. The molecule has 1 aliphatic rings. The second-order valence-electron chi connectivity index (χ2n) is 6.11. The molecule has 0 unspecified atom stereocenters. The molecule has 0 atom stereocenters. The highest BCUT2D eigenvalue weighted by molar-refractivity contribution is 6.03. The van der Waals surface area contributed by atoms with E-state index < -0.39 is 11.9 Å². The molecule has 3 heterocycles. The van der Waals surface area contributed by atoms with Gasteiger partial charge in [0.05, 0.1) is 26.4 Å². The van der Waals surface area contributed by atoms with E-state index in [0.717, 1.165) is 5.56 Å². The molecule has 0 radical (unpaired) electrons. The van der Waals surface area contributed by atoms with Gasteiger partial charge in [-0.15, -0.1) is 0 Å². The van der Waals surface area contributed by atoms with Gasteiger partial charge in [0.2, 0.25) is 5.89 Å². The molecule has 1 aromatic carbocycles. The topological polar surface area (TPSA) is 104 Å². The van der Waals surface area contributed by atoms with E-state index in [-0.39, 0.29) is 24.6 Å². The van der Waals surface area contributed by atoms with Crippen molar-refractivity contribution in [2.24, 2.45) is 0 Å². The van der Waals surface area contributed by atoms with Crippen LogP contribution in [0.3, 0.4) is 0 Å². The highest BCUT2D eigenvalue weighted by Crippen LogP contribution is 2.29. The van der Waals surface area contributed by atoms with Crippen LogP contribution in [0, 0.1) is 0 Å². The van der Waals surface area contributed by atoms with Gasteiger partial charge < -0.3 is 23.5 Å². The van der Waals surface area contributed by atoms with Crippen LogP contribution in [0.1, 0.15) is 0 Å². The van der Waals surface area contributed by atoms with Gasteiger partial charge in [-0.2, -0.15) is 4.98 Å². The number of benzene rings is 1. The first-order valence-electron chi connectivity index (χ1n) is 8.69. The number of esters is 2. The van der Waals surface area contributed by atoms with Crippen LogP contribution in [-0.4, -0.2) is 49.5 Å². The molecule has 0 saturated heterocycles. The molecule has 0 fully saturated rings. The summed E-state index contributed by atoms with van der Waals surface area (Å²) < 4.78 is 20.8. The van der Waals surface area contributed by atoms with E-state index in [1.54, 1.807) is 47.5 Å². The fourth-order valence-electron chi connectivity index (χ4n) is 3.02. The van der Waals surface area contributed by atoms with Crippen LogP contribution >= 0.6 is 0 Å². The number of fused-ring (bicyclic) bond motifs is 1. The van der Waals surface area contributed by atoms with E-state index in [9.17, 15) is 9.59 Å². The van der Waals surface area contributed by atoms with Crippen LogP contribution < -0.4 is 4.90 Å². The number of aromatic nitrogens is 2. The minimum absolute atomic E-state index is 0.0401. The summed E-state index contributed by atoms with van der Waals surface area (Å²) in [4.78, 5) is 34.5. The third-order valence-corrected chi connectivity index (χ3v) is 4.42. The maximum Gasteiger partial charge on any atom is 0.355 e. The molecule has 4 rings (SSSR count). The van der Waals surface area contributed by atoms with Gasteiger partial charge in [0.1, 0.15) is 12.4 Å². The Labute approximate surface area is 165 Å². The first kappa shape index (κ1) is 18.6. The van der Waals surface area contributed by atoms with Crippen molar-refractivity contribution >= 4 is 28.9 Å². The number of hydrogen-bond donors (Lipinski definition) is 0. The lowest BCUT2D eigenvalue weighted by Crippen LogP contribution is -2.38. The molecule has 0 amide bonds. The van der Waals surface area contributed by atoms with Gasteiger partial charge in [-0.1, -0.05) is 0 Å². The Balaban J connectivity index is 1.70. The summed E-state index contributed by atoms with van der Waals surface area (Å²) in [5.41, 5.74) is 2.67. The lowest BCUT2D eigenvalue weighted by atomic mass is 10.1. The van der Waals surface area contributed by atoms with E-state index in [0.29, 0.717) is 22.8 Å². The van der Waals surface area contributed by atoms with Gasteiger partial charge >= 0.3 is 11.9 Å². The number of methoxy groups -OCH3 is 2. The highest BCUT2D eigenvalue weighted by Gasteiger charge is 2.32. The molecule has 2 aromatic heterocycles. The number of oxazole rings is 1. The predicted octanol–water partition coefficient (Wildman–Crippen LogP) is 2.28. The van der Waals surface area contributed by atoms with Crippen molar-refractivity contribution in [1.29, 1.82) is 0 Å². The Bertz CT molecular complexity index is 1070. The molecule has 0 spiro atoms. The van der Waals surface area contributed by atoms with Crippen molar-refractivity contribution in [3.8, 4) is 11.5 Å². The minimum Gasteiger partial charge on any atom is -0.466 e. The number of hydrogen-bond acceptors (Lipinski definition) is 9. The average molecular weight is 395 g/mol. The number of nitrogens with zero attached hydrogens (tertiary/aromatic N) is 3. The summed E-state index contributed by atoms with van der Waals surface area (Å²) in [6.07, 6.45) is 1.65. The fraction of sp³-hybridized carbons (Fsp3) is 0.200. The van der Waals surface area contributed by atoms with Crippen LogP contribution in [0.4, 0.5) is 5.69 Å². The molecular formula is C20H17N3O6. The number of anilines is 1. The van der Waals surface area contributed by atoms with Crippen molar-refractivity contribution < 1.29 is 28.2 Å².